The van der Waals surface area contributed by atoms with Gasteiger partial charge in [0.15, 0.2) is 0 Å². The van der Waals surface area contributed by atoms with Gasteiger partial charge in [-0.2, -0.15) is 0 Å². The fourth-order valence-corrected chi connectivity index (χ4v) is 3.15. The van der Waals surface area contributed by atoms with Crippen LogP contribution in [0.25, 0.3) is 0 Å². The van der Waals surface area contributed by atoms with Crippen LogP contribution in [0.2, 0.25) is 5.02 Å². The van der Waals surface area contributed by atoms with E-state index in [0.29, 0.717) is 4.83 Å². The molecule has 0 nitrogen and oxygen atoms in total. The van der Waals surface area contributed by atoms with Gasteiger partial charge >= 0.3 is 0 Å². The van der Waals surface area contributed by atoms with Gasteiger partial charge in [0.1, 0.15) is 0 Å². The molecule has 0 saturated heterocycles. The number of hydrogen-bond donors (Lipinski definition) is 0. The van der Waals surface area contributed by atoms with E-state index < -0.39 is 0 Å². The quantitative estimate of drug-likeness (QED) is 0.642. The summed E-state index contributed by atoms with van der Waals surface area (Å²) in [5, 5.41) is 0.796. The van der Waals surface area contributed by atoms with E-state index in [2.05, 4.69) is 60.1 Å². The number of aryl methyl sites for hydroxylation is 2. The van der Waals surface area contributed by atoms with Gasteiger partial charge in [0.05, 0.1) is 0 Å². The largest absolute Gasteiger partial charge is 0.0843 e. The van der Waals surface area contributed by atoms with Gasteiger partial charge in [-0.1, -0.05) is 63.4 Å². The standard InChI is InChI=1S/C16H16BrCl/c1-11-4-3-5-13(8-11)9-16(17)15-10-14(18)7-6-12(15)2/h3-8,10,16H,9H2,1-2H3. The number of rotatable bonds is 3. The molecule has 0 amide bonds. The molecule has 2 heteroatoms. The molecule has 0 aliphatic carbocycles. The molecule has 0 bridgehead atoms. The van der Waals surface area contributed by atoms with Crippen molar-refractivity contribution >= 4 is 27.5 Å². The molecule has 0 heterocycles. The fourth-order valence-electron chi connectivity index (χ4n) is 2.10. The second-order valence-corrected chi connectivity index (χ2v) is 6.20. The Labute approximate surface area is 122 Å². The van der Waals surface area contributed by atoms with Crippen LogP contribution in [0.1, 0.15) is 27.1 Å². The van der Waals surface area contributed by atoms with Crippen LogP contribution in [0.4, 0.5) is 0 Å². The Balaban J connectivity index is 2.21. The maximum Gasteiger partial charge on any atom is 0.0438 e. The first kappa shape index (κ1) is 13.6. The minimum atomic E-state index is 0.304. The molecule has 0 N–H and O–H groups in total. The van der Waals surface area contributed by atoms with Crippen molar-refractivity contribution in [3.8, 4) is 0 Å². The van der Waals surface area contributed by atoms with Crippen LogP contribution in [0.3, 0.4) is 0 Å². The van der Waals surface area contributed by atoms with Crippen molar-refractivity contribution < 1.29 is 0 Å². The summed E-state index contributed by atoms with van der Waals surface area (Å²) in [7, 11) is 0. The summed E-state index contributed by atoms with van der Waals surface area (Å²) in [6.07, 6.45) is 0.975. The first-order valence-corrected chi connectivity index (χ1v) is 7.31. The average molecular weight is 324 g/mol. The van der Waals surface area contributed by atoms with E-state index in [-0.39, 0.29) is 0 Å². The Morgan fingerprint density at radius 2 is 1.89 bits per heavy atom. The molecule has 0 saturated carbocycles. The minimum Gasteiger partial charge on any atom is -0.0843 e. The van der Waals surface area contributed by atoms with E-state index in [1.165, 1.54) is 22.3 Å². The summed E-state index contributed by atoms with van der Waals surface area (Å²) < 4.78 is 0. The van der Waals surface area contributed by atoms with E-state index >= 15 is 0 Å². The highest BCUT2D eigenvalue weighted by atomic mass is 79.9. The van der Waals surface area contributed by atoms with Gasteiger partial charge in [0.2, 0.25) is 0 Å². The van der Waals surface area contributed by atoms with Crippen LogP contribution < -0.4 is 0 Å². The van der Waals surface area contributed by atoms with Gasteiger partial charge in [-0.3, -0.25) is 0 Å². The lowest BCUT2D eigenvalue weighted by atomic mass is 9.99. The highest BCUT2D eigenvalue weighted by Crippen LogP contribution is 2.31. The van der Waals surface area contributed by atoms with E-state index in [4.69, 9.17) is 11.6 Å². The molecule has 0 aliphatic rings. The lowest BCUT2D eigenvalue weighted by Crippen LogP contribution is -1.98. The third-order valence-electron chi connectivity index (χ3n) is 3.08. The molecule has 2 aromatic carbocycles. The van der Waals surface area contributed by atoms with E-state index in [1.807, 2.05) is 12.1 Å². The number of alkyl halides is 1. The van der Waals surface area contributed by atoms with Crippen LogP contribution in [-0.4, -0.2) is 0 Å². The average Bonchev–Trinajstić information content (AvgIpc) is 2.32. The molecule has 94 valence electrons. The molecule has 0 radical (unpaired) electrons. The Kier molecular flexibility index (Phi) is 4.47. The second kappa shape index (κ2) is 5.90. The summed E-state index contributed by atoms with van der Waals surface area (Å²) in [4.78, 5) is 0.304. The fraction of sp³-hybridized carbons (Fsp3) is 0.250. The number of halogens is 2. The Morgan fingerprint density at radius 1 is 1.11 bits per heavy atom. The molecular weight excluding hydrogens is 308 g/mol. The normalized spacial score (nSPS) is 12.4. The zero-order chi connectivity index (χ0) is 13.1. The van der Waals surface area contributed by atoms with Gasteiger partial charge in [-0.05, 0) is 49.1 Å². The monoisotopic (exact) mass is 322 g/mol. The second-order valence-electron chi connectivity index (χ2n) is 4.66. The van der Waals surface area contributed by atoms with Gasteiger partial charge in [0.25, 0.3) is 0 Å². The molecule has 0 fully saturated rings. The SMILES string of the molecule is Cc1cccc(CC(Br)c2cc(Cl)ccc2C)c1. The molecule has 1 atom stereocenters. The summed E-state index contributed by atoms with van der Waals surface area (Å²) in [5.41, 5.74) is 5.18. The third kappa shape index (κ3) is 3.37. The zero-order valence-electron chi connectivity index (χ0n) is 10.6. The predicted octanol–water partition coefficient (Wildman–Crippen LogP) is 5.64. The molecule has 2 aromatic rings. The lowest BCUT2D eigenvalue weighted by Gasteiger charge is -2.14. The minimum absolute atomic E-state index is 0.304. The first-order chi connectivity index (χ1) is 8.56. The van der Waals surface area contributed by atoms with Crippen molar-refractivity contribution in [2.75, 3.05) is 0 Å². The van der Waals surface area contributed by atoms with E-state index in [9.17, 15) is 0 Å². The Bertz CT molecular complexity index is 549. The van der Waals surface area contributed by atoms with Gasteiger partial charge in [-0.25, -0.2) is 0 Å². The molecule has 18 heavy (non-hydrogen) atoms. The van der Waals surface area contributed by atoms with Crippen LogP contribution in [0, 0.1) is 13.8 Å². The van der Waals surface area contributed by atoms with Gasteiger partial charge in [0, 0.05) is 9.85 Å². The third-order valence-corrected chi connectivity index (χ3v) is 4.13. The molecule has 1 unspecified atom stereocenters. The van der Waals surface area contributed by atoms with Crippen molar-refractivity contribution in [1.82, 2.24) is 0 Å². The van der Waals surface area contributed by atoms with Crippen molar-refractivity contribution in [3.05, 3.63) is 69.7 Å². The van der Waals surface area contributed by atoms with Crippen LogP contribution in [0.15, 0.2) is 42.5 Å². The van der Waals surface area contributed by atoms with Crippen molar-refractivity contribution in [1.29, 1.82) is 0 Å². The van der Waals surface area contributed by atoms with E-state index in [1.54, 1.807) is 0 Å². The lowest BCUT2D eigenvalue weighted by molar-refractivity contribution is 0.936. The smallest absolute Gasteiger partial charge is 0.0438 e. The van der Waals surface area contributed by atoms with Crippen LogP contribution in [-0.2, 0) is 6.42 Å². The van der Waals surface area contributed by atoms with Crippen molar-refractivity contribution in [3.63, 3.8) is 0 Å². The first-order valence-electron chi connectivity index (χ1n) is 6.02. The highest BCUT2D eigenvalue weighted by Gasteiger charge is 2.11. The van der Waals surface area contributed by atoms with Crippen LogP contribution in [0.5, 0.6) is 0 Å². The van der Waals surface area contributed by atoms with Crippen molar-refractivity contribution in [2.45, 2.75) is 25.1 Å². The van der Waals surface area contributed by atoms with Crippen LogP contribution >= 0.6 is 27.5 Å². The summed E-state index contributed by atoms with van der Waals surface area (Å²) in [6.45, 7) is 4.24. The van der Waals surface area contributed by atoms with Crippen molar-refractivity contribution in [2.24, 2.45) is 0 Å². The number of hydrogen-bond acceptors (Lipinski definition) is 0. The molecule has 2 rings (SSSR count). The Morgan fingerprint density at radius 3 is 2.61 bits per heavy atom. The highest BCUT2D eigenvalue weighted by molar-refractivity contribution is 9.09. The topological polar surface area (TPSA) is 0 Å². The maximum absolute atomic E-state index is 6.07. The van der Waals surface area contributed by atoms with Gasteiger partial charge in [-0.15, -0.1) is 0 Å². The molecule has 0 spiro atoms. The van der Waals surface area contributed by atoms with E-state index in [0.717, 1.165) is 11.4 Å². The summed E-state index contributed by atoms with van der Waals surface area (Å²) in [5.74, 6) is 0. The summed E-state index contributed by atoms with van der Waals surface area (Å²) in [6, 6.07) is 14.7. The molecule has 0 aliphatic heterocycles. The maximum atomic E-state index is 6.07. The molecular formula is C16H16BrCl. The number of benzene rings is 2. The Hall–Kier alpha value is -0.790. The predicted molar refractivity (Wildman–Crippen MR) is 82.7 cm³/mol. The molecule has 0 aromatic heterocycles. The summed E-state index contributed by atoms with van der Waals surface area (Å²) >= 11 is 9.84. The zero-order valence-corrected chi connectivity index (χ0v) is 12.9. The van der Waals surface area contributed by atoms with Gasteiger partial charge < -0.3 is 0 Å².